The Morgan fingerprint density at radius 3 is 2.28 bits per heavy atom. The van der Waals surface area contributed by atoms with Crippen LogP contribution in [0.5, 0.6) is 0 Å². The second-order valence-corrected chi connectivity index (χ2v) is 12.0. The molecule has 10 heteroatoms. The molecular formula is C26H25ClN4O3S2. The highest BCUT2D eigenvalue weighted by Crippen LogP contribution is 2.36. The third-order valence-electron chi connectivity index (χ3n) is 6.40. The molecule has 1 amide bonds. The summed E-state index contributed by atoms with van der Waals surface area (Å²) < 4.78 is 28.2. The fourth-order valence-corrected chi connectivity index (χ4v) is 6.78. The van der Waals surface area contributed by atoms with E-state index in [4.69, 9.17) is 16.6 Å². The summed E-state index contributed by atoms with van der Waals surface area (Å²) in [6.07, 6.45) is 0. The standard InChI is InChI=1S/C26H25ClN4O3S2/c1-18-8-13-22(27)24-23(18)28-26(35-24)31-16-14-30(15-17-31)25(32)19-9-11-21(12-10-19)36(33,34)29(2)20-6-4-3-5-7-20/h3-13H,14-17H2,1-2H3. The molecule has 2 heterocycles. The highest BCUT2D eigenvalue weighted by atomic mass is 35.5. The zero-order valence-corrected chi connectivity index (χ0v) is 22.3. The maximum Gasteiger partial charge on any atom is 0.264 e. The Bertz CT molecular complexity index is 1480. The normalized spacial score (nSPS) is 14.3. The molecule has 0 radical (unpaired) electrons. The molecule has 0 aliphatic carbocycles. The van der Waals surface area contributed by atoms with Gasteiger partial charge in [-0.25, -0.2) is 13.4 Å². The predicted molar refractivity (Wildman–Crippen MR) is 146 cm³/mol. The van der Waals surface area contributed by atoms with Crippen molar-refractivity contribution < 1.29 is 13.2 Å². The number of hydrogen-bond acceptors (Lipinski definition) is 6. The molecule has 1 aliphatic heterocycles. The summed E-state index contributed by atoms with van der Waals surface area (Å²) in [5.41, 5.74) is 3.05. The summed E-state index contributed by atoms with van der Waals surface area (Å²) in [6.45, 7) is 4.46. The summed E-state index contributed by atoms with van der Waals surface area (Å²) in [5, 5.41) is 1.61. The van der Waals surface area contributed by atoms with Crippen molar-refractivity contribution >= 4 is 59.9 Å². The largest absolute Gasteiger partial charge is 0.345 e. The summed E-state index contributed by atoms with van der Waals surface area (Å²) in [7, 11) is -2.21. The molecule has 0 saturated carbocycles. The number of benzene rings is 3. The first-order chi connectivity index (χ1) is 17.3. The third kappa shape index (κ3) is 4.54. The number of piperazine rings is 1. The number of aryl methyl sites for hydroxylation is 1. The zero-order chi connectivity index (χ0) is 25.4. The number of aromatic nitrogens is 1. The molecule has 1 aromatic heterocycles. The minimum absolute atomic E-state index is 0.113. The monoisotopic (exact) mass is 540 g/mol. The molecule has 5 rings (SSSR count). The Hall–Kier alpha value is -3.14. The van der Waals surface area contributed by atoms with Crippen LogP contribution in [0.15, 0.2) is 71.6 Å². The average Bonchev–Trinajstić information content (AvgIpc) is 3.38. The van der Waals surface area contributed by atoms with Crippen molar-refractivity contribution in [3.8, 4) is 0 Å². The minimum atomic E-state index is -3.73. The summed E-state index contributed by atoms with van der Waals surface area (Å²) >= 11 is 7.93. The van der Waals surface area contributed by atoms with Crippen molar-refractivity contribution in [2.24, 2.45) is 0 Å². The van der Waals surface area contributed by atoms with E-state index in [2.05, 4.69) is 4.90 Å². The van der Waals surface area contributed by atoms with E-state index in [-0.39, 0.29) is 10.8 Å². The van der Waals surface area contributed by atoms with Crippen LogP contribution in [0.4, 0.5) is 10.8 Å². The van der Waals surface area contributed by atoms with Gasteiger partial charge in [0.15, 0.2) is 5.13 Å². The molecule has 0 unspecified atom stereocenters. The molecule has 0 atom stereocenters. The van der Waals surface area contributed by atoms with E-state index in [1.807, 2.05) is 25.1 Å². The van der Waals surface area contributed by atoms with E-state index >= 15 is 0 Å². The van der Waals surface area contributed by atoms with Gasteiger partial charge in [-0.1, -0.05) is 47.2 Å². The molecule has 7 nitrogen and oxygen atoms in total. The first-order valence-corrected chi connectivity index (χ1v) is 14.1. The predicted octanol–water partition coefficient (Wildman–Crippen LogP) is 5.05. The quantitative estimate of drug-likeness (QED) is 0.354. The molecule has 0 bridgehead atoms. The van der Waals surface area contributed by atoms with Gasteiger partial charge in [0.1, 0.15) is 0 Å². The van der Waals surface area contributed by atoms with Crippen LogP contribution in [0.2, 0.25) is 5.02 Å². The van der Waals surface area contributed by atoms with Gasteiger partial charge in [-0.2, -0.15) is 0 Å². The summed E-state index contributed by atoms with van der Waals surface area (Å²) in [4.78, 5) is 22.0. The Labute approximate surface area is 219 Å². The number of sulfonamides is 1. The molecule has 1 fully saturated rings. The van der Waals surface area contributed by atoms with Crippen molar-refractivity contribution in [2.75, 3.05) is 42.4 Å². The van der Waals surface area contributed by atoms with E-state index in [1.54, 1.807) is 52.6 Å². The second-order valence-electron chi connectivity index (χ2n) is 8.65. The molecule has 186 valence electrons. The van der Waals surface area contributed by atoms with Crippen molar-refractivity contribution in [1.29, 1.82) is 0 Å². The van der Waals surface area contributed by atoms with Crippen LogP contribution in [-0.2, 0) is 10.0 Å². The lowest BCUT2D eigenvalue weighted by Gasteiger charge is -2.34. The number of carbonyl (C=O) groups is 1. The van der Waals surface area contributed by atoms with Gasteiger partial charge in [-0.3, -0.25) is 9.10 Å². The highest BCUT2D eigenvalue weighted by Gasteiger charge is 2.26. The van der Waals surface area contributed by atoms with E-state index < -0.39 is 10.0 Å². The van der Waals surface area contributed by atoms with Crippen molar-refractivity contribution in [3.05, 3.63) is 82.9 Å². The van der Waals surface area contributed by atoms with E-state index in [0.29, 0.717) is 42.5 Å². The van der Waals surface area contributed by atoms with Crippen LogP contribution >= 0.6 is 22.9 Å². The second kappa shape index (κ2) is 9.72. The summed E-state index contributed by atoms with van der Waals surface area (Å²) in [6, 6.07) is 18.9. The number of anilines is 2. The topological polar surface area (TPSA) is 73.8 Å². The Kier molecular flexibility index (Phi) is 6.63. The zero-order valence-electron chi connectivity index (χ0n) is 19.9. The molecule has 0 N–H and O–H groups in total. The van der Waals surface area contributed by atoms with E-state index in [1.165, 1.54) is 23.5 Å². The number of amides is 1. The number of thiazole rings is 1. The van der Waals surface area contributed by atoms with Crippen LogP contribution in [0.25, 0.3) is 10.2 Å². The van der Waals surface area contributed by atoms with Gasteiger partial charge in [0.05, 0.1) is 25.8 Å². The van der Waals surface area contributed by atoms with E-state index in [0.717, 1.165) is 20.9 Å². The Balaban J connectivity index is 1.26. The molecule has 0 spiro atoms. The maximum absolute atomic E-state index is 13.1. The molecular weight excluding hydrogens is 516 g/mol. The van der Waals surface area contributed by atoms with Crippen LogP contribution in [0.3, 0.4) is 0 Å². The smallest absolute Gasteiger partial charge is 0.264 e. The Morgan fingerprint density at radius 2 is 1.64 bits per heavy atom. The molecule has 36 heavy (non-hydrogen) atoms. The number of rotatable bonds is 5. The lowest BCUT2D eigenvalue weighted by atomic mass is 10.2. The number of hydrogen-bond donors (Lipinski definition) is 0. The van der Waals surface area contributed by atoms with Crippen LogP contribution in [0, 0.1) is 6.92 Å². The SMILES string of the molecule is Cc1ccc(Cl)c2sc(N3CCN(C(=O)c4ccc(S(=O)(=O)N(C)c5ccccc5)cc4)CC3)nc12. The number of carbonyl (C=O) groups excluding carboxylic acids is 1. The van der Waals surface area contributed by atoms with Crippen LogP contribution in [-0.4, -0.2) is 57.4 Å². The van der Waals surface area contributed by atoms with Gasteiger partial charge in [0.25, 0.3) is 15.9 Å². The minimum Gasteiger partial charge on any atom is -0.345 e. The van der Waals surface area contributed by atoms with Gasteiger partial charge in [-0.15, -0.1) is 0 Å². The highest BCUT2D eigenvalue weighted by molar-refractivity contribution is 7.92. The number of para-hydroxylation sites is 1. The third-order valence-corrected chi connectivity index (χ3v) is 9.78. The van der Waals surface area contributed by atoms with Gasteiger partial charge >= 0.3 is 0 Å². The molecule has 4 aromatic rings. The van der Waals surface area contributed by atoms with Crippen LogP contribution < -0.4 is 9.21 Å². The van der Waals surface area contributed by atoms with Gasteiger partial charge in [0, 0.05) is 38.8 Å². The Morgan fingerprint density at radius 1 is 0.972 bits per heavy atom. The van der Waals surface area contributed by atoms with Gasteiger partial charge in [-0.05, 0) is 55.0 Å². The summed E-state index contributed by atoms with van der Waals surface area (Å²) in [5.74, 6) is -0.113. The van der Waals surface area contributed by atoms with Gasteiger partial charge in [0.2, 0.25) is 0 Å². The first-order valence-electron chi connectivity index (χ1n) is 11.5. The number of halogens is 1. The van der Waals surface area contributed by atoms with Gasteiger partial charge < -0.3 is 9.80 Å². The van der Waals surface area contributed by atoms with Crippen molar-refractivity contribution in [1.82, 2.24) is 9.88 Å². The van der Waals surface area contributed by atoms with Crippen molar-refractivity contribution in [2.45, 2.75) is 11.8 Å². The van der Waals surface area contributed by atoms with Crippen molar-refractivity contribution in [3.63, 3.8) is 0 Å². The fourth-order valence-electron chi connectivity index (χ4n) is 4.21. The molecule has 1 aliphatic rings. The number of fused-ring (bicyclic) bond motifs is 1. The molecule has 1 saturated heterocycles. The lowest BCUT2D eigenvalue weighted by Crippen LogP contribution is -2.48. The van der Waals surface area contributed by atoms with E-state index in [9.17, 15) is 13.2 Å². The lowest BCUT2D eigenvalue weighted by molar-refractivity contribution is 0.0746. The average molecular weight is 541 g/mol. The fraction of sp³-hybridized carbons (Fsp3) is 0.231. The molecule has 3 aromatic carbocycles. The first kappa shape index (κ1) is 24.5. The van der Waals surface area contributed by atoms with Crippen LogP contribution in [0.1, 0.15) is 15.9 Å². The maximum atomic E-state index is 13.1. The number of nitrogens with zero attached hydrogens (tertiary/aromatic N) is 4.